The average Bonchev–Trinajstić information content (AvgIpc) is 2.35. The van der Waals surface area contributed by atoms with Crippen molar-refractivity contribution in [2.24, 2.45) is 0 Å². The molecule has 94 valence electrons. The van der Waals surface area contributed by atoms with E-state index < -0.39 is 0 Å². The van der Waals surface area contributed by atoms with Crippen molar-refractivity contribution in [2.75, 3.05) is 5.32 Å². The van der Waals surface area contributed by atoms with Gasteiger partial charge in [-0.3, -0.25) is 0 Å². The summed E-state index contributed by atoms with van der Waals surface area (Å²) in [5.41, 5.74) is 4.30. The van der Waals surface area contributed by atoms with Crippen LogP contribution in [0, 0.1) is 19.7 Å². The van der Waals surface area contributed by atoms with E-state index in [0.717, 1.165) is 26.9 Å². The Morgan fingerprint density at radius 2 is 1.94 bits per heavy atom. The molecule has 0 fully saturated rings. The van der Waals surface area contributed by atoms with Crippen LogP contribution in [0.4, 0.5) is 10.1 Å². The van der Waals surface area contributed by atoms with Gasteiger partial charge in [-0.2, -0.15) is 0 Å². The van der Waals surface area contributed by atoms with Crippen LogP contribution < -0.4 is 5.32 Å². The normalized spacial score (nSPS) is 10.4. The lowest BCUT2D eigenvalue weighted by Gasteiger charge is -2.12. The first-order valence-corrected chi connectivity index (χ1v) is 6.61. The first-order chi connectivity index (χ1) is 8.58. The fraction of sp³-hybridized carbons (Fsp3) is 0.200. The summed E-state index contributed by atoms with van der Waals surface area (Å²) in [6, 6.07) is 10.9. The molecule has 1 N–H and O–H groups in total. The van der Waals surface area contributed by atoms with Crippen molar-refractivity contribution in [3.8, 4) is 0 Å². The van der Waals surface area contributed by atoms with Gasteiger partial charge in [-0.1, -0.05) is 28.1 Å². The molecule has 18 heavy (non-hydrogen) atoms. The van der Waals surface area contributed by atoms with Crippen LogP contribution >= 0.6 is 15.9 Å². The fourth-order valence-corrected chi connectivity index (χ4v) is 2.19. The standard InChI is InChI=1S/C15H15BrFN/c1-10-6-7-13(17)8-12(10)9-18-15-5-3-4-14(16)11(15)2/h3-8,18H,9H2,1-2H3. The highest BCUT2D eigenvalue weighted by Crippen LogP contribution is 2.24. The molecule has 0 amide bonds. The van der Waals surface area contributed by atoms with Crippen LogP contribution in [0.5, 0.6) is 0 Å². The fourth-order valence-electron chi connectivity index (χ4n) is 1.82. The summed E-state index contributed by atoms with van der Waals surface area (Å²) in [5, 5.41) is 3.34. The van der Waals surface area contributed by atoms with Crippen molar-refractivity contribution in [1.82, 2.24) is 0 Å². The number of halogens is 2. The summed E-state index contributed by atoms with van der Waals surface area (Å²) in [6.45, 7) is 4.66. The van der Waals surface area contributed by atoms with E-state index in [2.05, 4.69) is 21.2 Å². The van der Waals surface area contributed by atoms with Gasteiger partial charge in [0.15, 0.2) is 0 Å². The van der Waals surface area contributed by atoms with E-state index in [-0.39, 0.29) is 5.82 Å². The van der Waals surface area contributed by atoms with Crippen molar-refractivity contribution >= 4 is 21.6 Å². The summed E-state index contributed by atoms with van der Waals surface area (Å²) in [7, 11) is 0. The third-order valence-corrected chi connectivity index (χ3v) is 3.91. The first kappa shape index (κ1) is 13.1. The lowest BCUT2D eigenvalue weighted by Crippen LogP contribution is -2.03. The third-order valence-electron chi connectivity index (χ3n) is 3.05. The van der Waals surface area contributed by atoms with Crippen molar-refractivity contribution in [2.45, 2.75) is 20.4 Å². The molecule has 0 atom stereocenters. The van der Waals surface area contributed by atoms with Gasteiger partial charge in [0.05, 0.1) is 0 Å². The lowest BCUT2D eigenvalue weighted by atomic mass is 10.1. The minimum atomic E-state index is -0.191. The number of hydrogen-bond acceptors (Lipinski definition) is 1. The summed E-state index contributed by atoms with van der Waals surface area (Å²) < 4.78 is 14.3. The average molecular weight is 308 g/mol. The van der Waals surface area contributed by atoms with Crippen molar-refractivity contribution in [3.63, 3.8) is 0 Å². The van der Waals surface area contributed by atoms with Gasteiger partial charge in [-0.05, 0) is 54.8 Å². The lowest BCUT2D eigenvalue weighted by molar-refractivity contribution is 0.625. The molecule has 0 aliphatic heterocycles. The van der Waals surface area contributed by atoms with Crippen LogP contribution in [0.15, 0.2) is 40.9 Å². The van der Waals surface area contributed by atoms with Gasteiger partial charge in [-0.15, -0.1) is 0 Å². The summed E-state index contributed by atoms with van der Waals surface area (Å²) in [6.07, 6.45) is 0. The van der Waals surface area contributed by atoms with E-state index in [1.165, 1.54) is 6.07 Å². The minimum Gasteiger partial charge on any atom is -0.381 e. The van der Waals surface area contributed by atoms with Crippen molar-refractivity contribution in [1.29, 1.82) is 0 Å². The maximum Gasteiger partial charge on any atom is 0.123 e. The molecule has 0 aliphatic carbocycles. The van der Waals surface area contributed by atoms with Crippen molar-refractivity contribution in [3.05, 3.63) is 63.4 Å². The van der Waals surface area contributed by atoms with Gasteiger partial charge < -0.3 is 5.32 Å². The van der Waals surface area contributed by atoms with Gasteiger partial charge in [0.2, 0.25) is 0 Å². The van der Waals surface area contributed by atoms with Gasteiger partial charge in [0.1, 0.15) is 5.82 Å². The summed E-state index contributed by atoms with van der Waals surface area (Å²) in [4.78, 5) is 0. The molecule has 0 saturated heterocycles. The highest BCUT2D eigenvalue weighted by molar-refractivity contribution is 9.10. The molecule has 3 heteroatoms. The van der Waals surface area contributed by atoms with Crippen LogP contribution in [-0.2, 0) is 6.54 Å². The molecule has 0 aromatic heterocycles. The maximum absolute atomic E-state index is 13.2. The largest absolute Gasteiger partial charge is 0.381 e. The summed E-state index contributed by atoms with van der Waals surface area (Å²) >= 11 is 3.50. The zero-order chi connectivity index (χ0) is 13.1. The SMILES string of the molecule is Cc1ccc(F)cc1CNc1cccc(Br)c1C. The molecule has 0 spiro atoms. The van der Waals surface area contributed by atoms with Gasteiger partial charge in [0, 0.05) is 16.7 Å². The molecule has 0 heterocycles. The van der Waals surface area contributed by atoms with E-state index in [1.54, 1.807) is 12.1 Å². The van der Waals surface area contributed by atoms with E-state index in [1.807, 2.05) is 32.0 Å². The molecule has 0 radical (unpaired) electrons. The Morgan fingerprint density at radius 3 is 2.72 bits per heavy atom. The van der Waals surface area contributed by atoms with E-state index in [4.69, 9.17) is 0 Å². The second-order valence-corrected chi connectivity index (χ2v) is 5.19. The van der Waals surface area contributed by atoms with Crippen LogP contribution in [-0.4, -0.2) is 0 Å². The quantitative estimate of drug-likeness (QED) is 0.857. The molecular weight excluding hydrogens is 293 g/mol. The Labute approximate surface area is 115 Å². The number of nitrogens with one attached hydrogen (secondary N) is 1. The number of aryl methyl sites for hydroxylation is 1. The van der Waals surface area contributed by atoms with Crippen molar-refractivity contribution < 1.29 is 4.39 Å². The van der Waals surface area contributed by atoms with Gasteiger partial charge in [0.25, 0.3) is 0 Å². The van der Waals surface area contributed by atoms with E-state index in [9.17, 15) is 4.39 Å². The molecule has 2 aromatic rings. The topological polar surface area (TPSA) is 12.0 Å². The second kappa shape index (κ2) is 5.53. The molecule has 2 aromatic carbocycles. The minimum absolute atomic E-state index is 0.191. The van der Waals surface area contributed by atoms with Gasteiger partial charge >= 0.3 is 0 Å². The molecule has 1 nitrogen and oxygen atoms in total. The van der Waals surface area contributed by atoms with Crippen LogP contribution in [0.25, 0.3) is 0 Å². The highest BCUT2D eigenvalue weighted by atomic mass is 79.9. The Hall–Kier alpha value is -1.35. The van der Waals surface area contributed by atoms with E-state index in [0.29, 0.717) is 6.54 Å². The molecule has 0 saturated carbocycles. The second-order valence-electron chi connectivity index (χ2n) is 4.34. The zero-order valence-electron chi connectivity index (χ0n) is 10.4. The Bertz CT molecular complexity index is 564. The van der Waals surface area contributed by atoms with Crippen LogP contribution in [0.3, 0.4) is 0 Å². The maximum atomic E-state index is 13.2. The van der Waals surface area contributed by atoms with Gasteiger partial charge in [-0.25, -0.2) is 4.39 Å². The van der Waals surface area contributed by atoms with Crippen LogP contribution in [0.2, 0.25) is 0 Å². The number of benzene rings is 2. The smallest absolute Gasteiger partial charge is 0.123 e. The number of rotatable bonds is 3. The Kier molecular flexibility index (Phi) is 4.02. The Morgan fingerprint density at radius 1 is 1.17 bits per heavy atom. The predicted octanol–water partition coefficient (Wildman–Crippen LogP) is 4.82. The number of anilines is 1. The van der Waals surface area contributed by atoms with E-state index >= 15 is 0 Å². The van der Waals surface area contributed by atoms with Crippen LogP contribution in [0.1, 0.15) is 16.7 Å². The Balaban J connectivity index is 2.16. The first-order valence-electron chi connectivity index (χ1n) is 5.82. The predicted molar refractivity (Wildman–Crippen MR) is 77.3 cm³/mol. The third kappa shape index (κ3) is 2.91. The summed E-state index contributed by atoms with van der Waals surface area (Å²) in [5.74, 6) is -0.191. The number of hydrogen-bond donors (Lipinski definition) is 1. The molecule has 0 unspecified atom stereocenters. The molecule has 0 aliphatic rings. The molecular formula is C15H15BrFN. The monoisotopic (exact) mass is 307 g/mol. The zero-order valence-corrected chi connectivity index (χ0v) is 12.0. The molecule has 2 rings (SSSR count). The highest BCUT2D eigenvalue weighted by Gasteiger charge is 2.03. The molecule has 0 bridgehead atoms.